The van der Waals surface area contributed by atoms with Gasteiger partial charge >= 0.3 is 0 Å². The van der Waals surface area contributed by atoms with Gasteiger partial charge in [-0.1, -0.05) is 18.5 Å². The molecule has 1 aromatic rings. The molecule has 2 rings (SSSR count). The first-order valence-corrected chi connectivity index (χ1v) is 7.70. The molecule has 1 saturated heterocycles. The zero-order valence-electron chi connectivity index (χ0n) is 11.0. The van der Waals surface area contributed by atoms with E-state index in [4.69, 9.17) is 11.6 Å². The maximum atomic E-state index is 6.22. The van der Waals surface area contributed by atoms with Crippen LogP contribution < -0.4 is 10.2 Å². The summed E-state index contributed by atoms with van der Waals surface area (Å²) >= 11 is 9.87. The van der Waals surface area contributed by atoms with Gasteiger partial charge in [-0.3, -0.25) is 0 Å². The molecular formula is C14H20BrClN2. The average molecular weight is 332 g/mol. The van der Waals surface area contributed by atoms with Crippen LogP contribution in [-0.4, -0.2) is 26.2 Å². The highest BCUT2D eigenvalue weighted by Crippen LogP contribution is 2.34. The van der Waals surface area contributed by atoms with E-state index in [-0.39, 0.29) is 0 Å². The Bertz CT molecular complexity index is 423. The monoisotopic (exact) mass is 330 g/mol. The number of nitrogens with zero attached hydrogens (tertiary/aromatic N) is 1. The largest absolute Gasteiger partial charge is 0.370 e. The van der Waals surface area contributed by atoms with Crippen molar-refractivity contribution in [2.75, 3.05) is 31.1 Å². The number of halogens is 2. The van der Waals surface area contributed by atoms with E-state index in [9.17, 15) is 0 Å². The van der Waals surface area contributed by atoms with Crippen molar-refractivity contribution in [1.82, 2.24) is 5.32 Å². The Morgan fingerprint density at radius 2 is 2.28 bits per heavy atom. The molecule has 1 aromatic carbocycles. The molecule has 1 atom stereocenters. The summed E-state index contributed by atoms with van der Waals surface area (Å²) < 4.78 is 1.15. The summed E-state index contributed by atoms with van der Waals surface area (Å²) in [6.45, 7) is 8.59. The van der Waals surface area contributed by atoms with Crippen molar-refractivity contribution in [3.63, 3.8) is 0 Å². The van der Waals surface area contributed by atoms with Gasteiger partial charge < -0.3 is 10.2 Å². The highest BCUT2D eigenvalue weighted by Gasteiger charge is 2.23. The van der Waals surface area contributed by atoms with Gasteiger partial charge in [0.05, 0.1) is 5.69 Å². The summed E-state index contributed by atoms with van der Waals surface area (Å²) in [7, 11) is 0. The van der Waals surface area contributed by atoms with Crippen molar-refractivity contribution >= 4 is 33.2 Å². The van der Waals surface area contributed by atoms with Gasteiger partial charge in [0.15, 0.2) is 0 Å². The third-order valence-electron chi connectivity index (χ3n) is 3.54. The molecule has 0 radical (unpaired) electrons. The van der Waals surface area contributed by atoms with E-state index in [1.807, 2.05) is 6.92 Å². The van der Waals surface area contributed by atoms with Crippen LogP contribution in [0.4, 0.5) is 5.69 Å². The van der Waals surface area contributed by atoms with Gasteiger partial charge in [0.2, 0.25) is 0 Å². The minimum absolute atomic E-state index is 0.747. The van der Waals surface area contributed by atoms with Crippen LogP contribution in [0, 0.1) is 12.8 Å². The van der Waals surface area contributed by atoms with Crippen LogP contribution in [0.3, 0.4) is 0 Å². The molecule has 1 heterocycles. The fourth-order valence-corrected chi connectivity index (χ4v) is 3.31. The quantitative estimate of drug-likeness (QED) is 0.901. The Kier molecular flexibility index (Phi) is 4.93. The second kappa shape index (κ2) is 6.27. The maximum absolute atomic E-state index is 6.22. The van der Waals surface area contributed by atoms with Gasteiger partial charge in [-0.25, -0.2) is 0 Å². The minimum atomic E-state index is 0.747. The van der Waals surface area contributed by atoms with Gasteiger partial charge in [-0.2, -0.15) is 0 Å². The van der Waals surface area contributed by atoms with Crippen molar-refractivity contribution in [2.24, 2.45) is 5.92 Å². The van der Waals surface area contributed by atoms with Crippen LogP contribution in [0.15, 0.2) is 16.6 Å². The highest BCUT2D eigenvalue weighted by molar-refractivity contribution is 9.10. The summed E-state index contributed by atoms with van der Waals surface area (Å²) in [4.78, 5) is 2.43. The van der Waals surface area contributed by atoms with Gasteiger partial charge in [-0.05, 0) is 66.0 Å². The molecule has 0 amide bonds. The number of nitrogens with one attached hydrogen (secondary N) is 1. The first-order chi connectivity index (χ1) is 8.61. The number of hydrogen-bond donors (Lipinski definition) is 1. The normalized spacial score (nSPS) is 19.6. The Morgan fingerprint density at radius 3 is 3.00 bits per heavy atom. The lowest BCUT2D eigenvalue weighted by Crippen LogP contribution is -2.26. The number of aryl methyl sites for hydroxylation is 1. The van der Waals surface area contributed by atoms with Crippen molar-refractivity contribution in [3.8, 4) is 0 Å². The molecule has 2 nitrogen and oxygen atoms in total. The van der Waals surface area contributed by atoms with E-state index in [0.29, 0.717) is 0 Å². The fraction of sp³-hybridized carbons (Fsp3) is 0.571. The van der Waals surface area contributed by atoms with E-state index >= 15 is 0 Å². The van der Waals surface area contributed by atoms with Crippen LogP contribution in [-0.2, 0) is 0 Å². The zero-order valence-corrected chi connectivity index (χ0v) is 13.3. The molecule has 18 heavy (non-hydrogen) atoms. The predicted octanol–water partition coefficient (Wildman–Crippen LogP) is 3.85. The molecular weight excluding hydrogens is 312 g/mol. The summed E-state index contributed by atoms with van der Waals surface area (Å²) in [6, 6.07) is 4.19. The molecule has 4 heteroatoms. The summed E-state index contributed by atoms with van der Waals surface area (Å²) in [5.41, 5.74) is 2.35. The molecule has 1 aliphatic heterocycles. The summed E-state index contributed by atoms with van der Waals surface area (Å²) in [6.07, 6.45) is 1.25. The van der Waals surface area contributed by atoms with E-state index in [2.05, 4.69) is 45.2 Å². The van der Waals surface area contributed by atoms with Crippen molar-refractivity contribution < 1.29 is 0 Å². The van der Waals surface area contributed by atoms with Crippen LogP contribution in [0.25, 0.3) is 0 Å². The lowest BCUT2D eigenvalue weighted by atomic mass is 10.1. The second-order valence-electron chi connectivity index (χ2n) is 4.96. The van der Waals surface area contributed by atoms with E-state index in [0.717, 1.165) is 47.2 Å². The summed E-state index contributed by atoms with van der Waals surface area (Å²) in [5.74, 6) is 0.747. The maximum Gasteiger partial charge on any atom is 0.0525 e. The number of benzene rings is 1. The third-order valence-corrected chi connectivity index (χ3v) is 4.58. The Balaban J connectivity index is 2.07. The van der Waals surface area contributed by atoms with Gasteiger partial charge in [0.1, 0.15) is 0 Å². The molecule has 100 valence electrons. The molecule has 0 spiro atoms. The van der Waals surface area contributed by atoms with Crippen LogP contribution in [0.2, 0.25) is 5.02 Å². The standard InChI is InChI=1S/C14H20BrClN2/c1-3-17-8-11-4-5-18(9-11)14-7-13(16)10(2)6-12(14)15/h6-7,11,17H,3-5,8-9H2,1-2H3. The van der Waals surface area contributed by atoms with Crippen LogP contribution in [0.5, 0.6) is 0 Å². The fourth-order valence-electron chi connectivity index (χ4n) is 2.44. The molecule has 1 aliphatic rings. The SMILES string of the molecule is CCNCC1CCN(c2cc(Cl)c(C)cc2Br)C1. The third kappa shape index (κ3) is 3.19. The molecule has 0 saturated carbocycles. The van der Waals surface area contributed by atoms with Crippen molar-refractivity contribution in [2.45, 2.75) is 20.3 Å². The zero-order chi connectivity index (χ0) is 13.1. The number of hydrogen-bond acceptors (Lipinski definition) is 2. The van der Waals surface area contributed by atoms with Crippen molar-refractivity contribution in [1.29, 1.82) is 0 Å². The predicted molar refractivity (Wildman–Crippen MR) is 82.8 cm³/mol. The van der Waals surface area contributed by atoms with Crippen LogP contribution >= 0.6 is 27.5 Å². The number of anilines is 1. The van der Waals surface area contributed by atoms with Gasteiger partial charge in [-0.15, -0.1) is 0 Å². The molecule has 0 bridgehead atoms. The van der Waals surface area contributed by atoms with E-state index in [1.54, 1.807) is 0 Å². The van der Waals surface area contributed by atoms with Crippen molar-refractivity contribution in [3.05, 3.63) is 27.2 Å². The van der Waals surface area contributed by atoms with E-state index < -0.39 is 0 Å². The van der Waals surface area contributed by atoms with Gasteiger partial charge in [0.25, 0.3) is 0 Å². The Morgan fingerprint density at radius 1 is 1.50 bits per heavy atom. The number of rotatable bonds is 4. The summed E-state index contributed by atoms with van der Waals surface area (Å²) in [5, 5.41) is 4.28. The second-order valence-corrected chi connectivity index (χ2v) is 6.22. The first kappa shape index (κ1) is 14.2. The average Bonchev–Trinajstić information content (AvgIpc) is 2.79. The lowest BCUT2D eigenvalue weighted by molar-refractivity contribution is 0.528. The minimum Gasteiger partial charge on any atom is -0.370 e. The molecule has 1 N–H and O–H groups in total. The molecule has 0 aliphatic carbocycles. The van der Waals surface area contributed by atoms with Crippen LogP contribution in [0.1, 0.15) is 18.9 Å². The van der Waals surface area contributed by atoms with Gasteiger partial charge in [0, 0.05) is 22.6 Å². The Labute approximate surface area is 123 Å². The smallest absolute Gasteiger partial charge is 0.0525 e. The van der Waals surface area contributed by atoms with E-state index in [1.165, 1.54) is 12.1 Å². The molecule has 1 unspecified atom stereocenters. The highest BCUT2D eigenvalue weighted by atomic mass is 79.9. The topological polar surface area (TPSA) is 15.3 Å². The molecule has 1 fully saturated rings. The first-order valence-electron chi connectivity index (χ1n) is 6.53. The molecule has 0 aromatic heterocycles. The lowest BCUT2D eigenvalue weighted by Gasteiger charge is -2.21. The Hall–Kier alpha value is -0.250.